The third-order valence-electron chi connectivity index (χ3n) is 3.84. The number of ether oxygens (including phenoxy) is 1. The topological polar surface area (TPSA) is 35.9 Å². The SMILES string of the molecule is CSc1ccccc1CN(CCO)CCN1CCOCC1. The maximum atomic E-state index is 9.30. The van der Waals surface area contributed by atoms with Crippen molar-refractivity contribution in [2.24, 2.45) is 0 Å². The molecule has 2 rings (SSSR count). The lowest BCUT2D eigenvalue weighted by molar-refractivity contribution is 0.0320. The number of nitrogens with zero attached hydrogens (tertiary/aromatic N) is 2. The van der Waals surface area contributed by atoms with Gasteiger partial charge in [-0.3, -0.25) is 9.80 Å². The van der Waals surface area contributed by atoms with E-state index in [1.165, 1.54) is 10.5 Å². The number of aliphatic hydroxyl groups is 1. The number of hydrogen-bond donors (Lipinski definition) is 1. The first kappa shape index (κ1) is 16.8. The number of morpholine rings is 1. The number of aliphatic hydroxyl groups excluding tert-OH is 1. The Morgan fingerprint density at radius 1 is 1.24 bits per heavy atom. The van der Waals surface area contributed by atoms with Crippen LogP contribution in [0.5, 0.6) is 0 Å². The average molecular weight is 310 g/mol. The van der Waals surface area contributed by atoms with Crippen molar-refractivity contribution in [2.45, 2.75) is 11.4 Å². The second-order valence-corrected chi connectivity index (χ2v) is 6.11. The molecule has 0 amide bonds. The Bertz CT molecular complexity index is 411. The van der Waals surface area contributed by atoms with E-state index in [9.17, 15) is 5.11 Å². The lowest BCUT2D eigenvalue weighted by Gasteiger charge is -2.30. The average Bonchev–Trinajstić information content (AvgIpc) is 2.54. The third-order valence-corrected chi connectivity index (χ3v) is 4.68. The van der Waals surface area contributed by atoms with Gasteiger partial charge >= 0.3 is 0 Å². The Kier molecular flexibility index (Phi) is 7.53. The van der Waals surface area contributed by atoms with Crippen molar-refractivity contribution >= 4 is 11.8 Å². The molecule has 1 aromatic rings. The fraction of sp³-hybridized carbons (Fsp3) is 0.625. The minimum atomic E-state index is 0.213. The van der Waals surface area contributed by atoms with E-state index < -0.39 is 0 Å². The first-order valence-electron chi connectivity index (χ1n) is 7.58. The second-order valence-electron chi connectivity index (χ2n) is 5.27. The van der Waals surface area contributed by atoms with Gasteiger partial charge in [-0.15, -0.1) is 11.8 Å². The van der Waals surface area contributed by atoms with Gasteiger partial charge in [-0.1, -0.05) is 18.2 Å². The summed E-state index contributed by atoms with van der Waals surface area (Å²) in [6.45, 7) is 7.61. The Hall–Kier alpha value is -0.590. The molecule has 0 radical (unpaired) electrons. The second kappa shape index (κ2) is 9.43. The summed E-state index contributed by atoms with van der Waals surface area (Å²) >= 11 is 1.79. The largest absolute Gasteiger partial charge is 0.395 e. The molecule has 1 aliphatic rings. The van der Waals surface area contributed by atoms with E-state index >= 15 is 0 Å². The molecule has 0 aliphatic carbocycles. The Labute approximate surface area is 132 Å². The first-order chi connectivity index (χ1) is 10.3. The van der Waals surface area contributed by atoms with E-state index in [-0.39, 0.29) is 6.61 Å². The van der Waals surface area contributed by atoms with Gasteiger partial charge in [0.2, 0.25) is 0 Å². The molecule has 5 heteroatoms. The quantitative estimate of drug-likeness (QED) is 0.737. The Morgan fingerprint density at radius 2 is 2.00 bits per heavy atom. The van der Waals surface area contributed by atoms with Crippen molar-refractivity contribution in [1.29, 1.82) is 0 Å². The van der Waals surface area contributed by atoms with E-state index in [4.69, 9.17) is 4.74 Å². The van der Waals surface area contributed by atoms with Gasteiger partial charge in [0, 0.05) is 44.2 Å². The smallest absolute Gasteiger partial charge is 0.0594 e. The number of hydrogen-bond acceptors (Lipinski definition) is 5. The molecule has 1 saturated heterocycles. The highest BCUT2D eigenvalue weighted by molar-refractivity contribution is 7.98. The zero-order valence-electron chi connectivity index (χ0n) is 12.8. The molecule has 0 spiro atoms. The standard InChI is InChI=1S/C16H26N2O2S/c1-21-16-5-3-2-4-15(16)14-18(8-11-19)7-6-17-9-12-20-13-10-17/h2-5,19H,6-14H2,1H3. The van der Waals surface area contributed by atoms with Crippen LogP contribution in [-0.2, 0) is 11.3 Å². The van der Waals surface area contributed by atoms with Crippen LogP contribution in [0.15, 0.2) is 29.2 Å². The summed E-state index contributed by atoms with van der Waals surface area (Å²) in [5.74, 6) is 0. The van der Waals surface area contributed by atoms with Crippen molar-refractivity contribution in [1.82, 2.24) is 9.80 Å². The van der Waals surface area contributed by atoms with Crippen molar-refractivity contribution in [3.8, 4) is 0 Å². The molecule has 0 atom stereocenters. The summed E-state index contributed by atoms with van der Waals surface area (Å²) in [5, 5.41) is 9.30. The van der Waals surface area contributed by atoms with Crippen LogP contribution in [0.25, 0.3) is 0 Å². The third kappa shape index (κ3) is 5.60. The van der Waals surface area contributed by atoms with Crippen LogP contribution in [0.2, 0.25) is 0 Å². The minimum absolute atomic E-state index is 0.213. The van der Waals surface area contributed by atoms with Crippen molar-refractivity contribution in [2.75, 3.05) is 58.8 Å². The fourth-order valence-electron chi connectivity index (χ4n) is 2.59. The fourth-order valence-corrected chi connectivity index (χ4v) is 3.20. The molecule has 0 unspecified atom stereocenters. The molecule has 0 bridgehead atoms. The maximum Gasteiger partial charge on any atom is 0.0594 e. The summed E-state index contributed by atoms with van der Waals surface area (Å²) in [5.41, 5.74) is 1.35. The predicted octanol–water partition coefficient (Wildman–Crippen LogP) is 1.53. The van der Waals surface area contributed by atoms with Gasteiger partial charge < -0.3 is 9.84 Å². The normalized spacial score (nSPS) is 16.5. The van der Waals surface area contributed by atoms with Crippen LogP contribution in [-0.4, -0.2) is 73.7 Å². The van der Waals surface area contributed by atoms with Crippen LogP contribution in [0.4, 0.5) is 0 Å². The molecule has 1 aliphatic heterocycles. The molecule has 0 aromatic heterocycles. The van der Waals surface area contributed by atoms with Gasteiger partial charge in [-0.05, 0) is 17.9 Å². The zero-order chi connectivity index (χ0) is 14.9. The Morgan fingerprint density at radius 3 is 2.71 bits per heavy atom. The van der Waals surface area contributed by atoms with E-state index in [0.29, 0.717) is 0 Å². The number of thioether (sulfide) groups is 1. The molecule has 1 heterocycles. The van der Waals surface area contributed by atoms with E-state index in [2.05, 4.69) is 40.3 Å². The number of benzene rings is 1. The van der Waals surface area contributed by atoms with Gasteiger partial charge in [0.05, 0.1) is 19.8 Å². The molecular weight excluding hydrogens is 284 g/mol. The molecular formula is C16H26N2O2S. The molecule has 4 nitrogen and oxygen atoms in total. The lowest BCUT2D eigenvalue weighted by atomic mass is 10.2. The van der Waals surface area contributed by atoms with Crippen molar-refractivity contribution in [3.63, 3.8) is 0 Å². The van der Waals surface area contributed by atoms with Crippen LogP contribution in [0.1, 0.15) is 5.56 Å². The molecule has 0 saturated carbocycles. The minimum Gasteiger partial charge on any atom is -0.395 e. The van der Waals surface area contributed by atoms with Gasteiger partial charge in [0.25, 0.3) is 0 Å². The highest BCUT2D eigenvalue weighted by Gasteiger charge is 2.13. The zero-order valence-corrected chi connectivity index (χ0v) is 13.6. The summed E-state index contributed by atoms with van der Waals surface area (Å²) in [6.07, 6.45) is 2.11. The maximum absolute atomic E-state index is 9.30. The van der Waals surface area contributed by atoms with Gasteiger partial charge in [0.15, 0.2) is 0 Å². The van der Waals surface area contributed by atoms with Crippen molar-refractivity contribution < 1.29 is 9.84 Å². The van der Waals surface area contributed by atoms with Gasteiger partial charge in [0.1, 0.15) is 0 Å². The Balaban J connectivity index is 1.88. The lowest BCUT2D eigenvalue weighted by Crippen LogP contribution is -2.41. The predicted molar refractivity (Wildman–Crippen MR) is 87.8 cm³/mol. The first-order valence-corrected chi connectivity index (χ1v) is 8.81. The molecule has 1 N–H and O–H groups in total. The van der Waals surface area contributed by atoms with E-state index in [1.54, 1.807) is 11.8 Å². The van der Waals surface area contributed by atoms with Crippen LogP contribution in [0, 0.1) is 0 Å². The summed E-state index contributed by atoms with van der Waals surface area (Å²) < 4.78 is 5.38. The molecule has 1 fully saturated rings. The monoisotopic (exact) mass is 310 g/mol. The summed E-state index contributed by atoms with van der Waals surface area (Å²) in [6, 6.07) is 8.53. The highest BCUT2D eigenvalue weighted by atomic mass is 32.2. The van der Waals surface area contributed by atoms with E-state index in [1.807, 2.05) is 0 Å². The summed E-state index contributed by atoms with van der Waals surface area (Å²) in [4.78, 5) is 6.10. The van der Waals surface area contributed by atoms with Crippen LogP contribution < -0.4 is 0 Å². The van der Waals surface area contributed by atoms with Crippen molar-refractivity contribution in [3.05, 3.63) is 29.8 Å². The number of rotatable bonds is 8. The van der Waals surface area contributed by atoms with Gasteiger partial charge in [-0.25, -0.2) is 0 Å². The van der Waals surface area contributed by atoms with E-state index in [0.717, 1.165) is 52.5 Å². The molecule has 1 aromatic carbocycles. The van der Waals surface area contributed by atoms with Crippen LogP contribution in [0.3, 0.4) is 0 Å². The highest BCUT2D eigenvalue weighted by Crippen LogP contribution is 2.21. The molecule has 118 valence electrons. The summed E-state index contributed by atoms with van der Waals surface area (Å²) in [7, 11) is 0. The van der Waals surface area contributed by atoms with Gasteiger partial charge in [-0.2, -0.15) is 0 Å². The molecule has 21 heavy (non-hydrogen) atoms. The van der Waals surface area contributed by atoms with Crippen LogP contribution >= 0.6 is 11.8 Å².